The van der Waals surface area contributed by atoms with Crippen LogP contribution >= 0.6 is 0 Å². The van der Waals surface area contributed by atoms with Gasteiger partial charge in [-0.15, -0.1) is 0 Å². The maximum absolute atomic E-state index is 15.5. The van der Waals surface area contributed by atoms with E-state index >= 15 is 4.79 Å². The van der Waals surface area contributed by atoms with Crippen LogP contribution in [0.3, 0.4) is 0 Å². The third-order valence-electron chi connectivity index (χ3n) is 12.9. The summed E-state index contributed by atoms with van der Waals surface area (Å²) >= 11 is 0. The first kappa shape index (κ1) is 41.9. The SMILES string of the molecule is COCO[C@H]1C(=O)[C@]2(C)[C@@H](OCOCc3ccccc3)C[C@@H](OCc3ccc(OC)cc3)[C@@](O)(COC(=O)c3ccccc3)[C@H]2C[C@H](O)[C@]2(O)CC[C@H]1C2(C)C. The molecule has 2 bridgehead atoms. The zero-order valence-electron chi connectivity index (χ0n) is 32.9. The molecule has 0 aliphatic heterocycles. The monoisotopic (exact) mass is 776 g/mol. The molecule has 0 aromatic heterocycles. The van der Waals surface area contributed by atoms with Crippen LogP contribution in [0.1, 0.15) is 67.9 Å². The standard InChI is InChI=1S/C44H56O12/c1-41(2)33-20-21-44(41,49)35(45)22-34-42(3,39(46)38(33)56-27-50-4)36(55-28-52-24-29-12-8-6-9-13-29)23-37(53-25-30-16-18-32(51-5)19-17-30)43(34,48)26-54-40(47)31-14-10-7-11-15-31/h6-19,33-38,45,48-49H,20-28H2,1-5H3/t33-,34+,35+,36+,37-,38-,42+,43-,44-/m1/s1. The zero-order chi connectivity index (χ0) is 40.1. The molecule has 0 saturated heterocycles. The van der Waals surface area contributed by atoms with Crippen molar-refractivity contribution in [3.63, 3.8) is 0 Å². The van der Waals surface area contributed by atoms with Crippen LogP contribution < -0.4 is 4.74 Å². The van der Waals surface area contributed by atoms with Gasteiger partial charge in [0.25, 0.3) is 0 Å². The van der Waals surface area contributed by atoms with Crippen molar-refractivity contribution < 1.29 is 58.1 Å². The predicted molar refractivity (Wildman–Crippen MR) is 204 cm³/mol. The largest absolute Gasteiger partial charge is 0.497 e. The zero-order valence-corrected chi connectivity index (χ0v) is 32.9. The van der Waals surface area contributed by atoms with Crippen molar-refractivity contribution in [3.05, 3.63) is 102 Å². The van der Waals surface area contributed by atoms with Gasteiger partial charge in [-0.25, -0.2) is 4.79 Å². The Kier molecular flexibility index (Phi) is 13.0. The van der Waals surface area contributed by atoms with Crippen LogP contribution in [-0.2, 0) is 46.4 Å². The molecule has 3 fully saturated rings. The number of carbonyl (C=O) groups excluding carboxylic acids is 2. The molecule has 12 nitrogen and oxygen atoms in total. The van der Waals surface area contributed by atoms with Gasteiger partial charge >= 0.3 is 5.97 Å². The number of hydrogen-bond acceptors (Lipinski definition) is 12. The molecule has 9 atom stereocenters. The molecule has 12 heteroatoms. The van der Waals surface area contributed by atoms with Gasteiger partial charge in [0.05, 0.1) is 55.2 Å². The van der Waals surface area contributed by atoms with Crippen molar-refractivity contribution in [2.75, 3.05) is 34.4 Å². The van der Waals surface area contributed by atoms with E-state index in [1.54, 1.807) is 56.5 Å². The Morgan fingerprint density at radius 1 is 0.786 bits per heavy atom. The number of carbonyl (C=O) groups is 2. The maximum Gasteiger partial charge on any atom is 0.338 e. The fraction of sp³-hybridized carbons (Fsp3) is 0.545. The summed E-state index contributed by atoms with van der Waals surface area (Å²) in [6.45, 7) is 4.68. The van der Waals surface area contributed by atoms with E-state index < -0.39 is 70.9 Å². The van der Waals surface area contributed by atoms with Gasteiger partial charge in [0, 0.05) is 30.8 Å². The van der Waals surface area contributed by atoms with Gasteiger partial charge in [-0.05, 0) is 61.6 Å². The van der Waals surface area contributed by atoms with E-state index in [1.807, 2.05) is 56.3 Å². The Labute approximate surface area is 329 Å². The average Bonchev–Trinajstić information content (AvgIpc) is 3.46. The molecule has 0 spiro atoms. The van der Waals surface area contributed by atoms with Crippen molar-refractivity contribution in [1.29, 1.82) is 0 Å². The number of ether oxygens (including phenoxy) is 7. The van der Waals surface area contributed by atoms with Gasteiger partial charge in [-0.2, -0.15) is 0 Å². The van der Waals surface area contributed by atoms with E-state index in [-0.39, 0.29) is 57.4 Å². The number of ketones is 1. The highest BCUT2D eigenvalue weighted by Gasteiger charge is 2.70. The molecule has 0 unspecified atom stereocenters. The Hall–Kier alpha value is -3.72. The number of aliphatic hydroxyl groups excluding tert-OH is 1. The number of rotatable bonds is 15. The smallest absolute Gasteiger partial charge is 0.338 e. The highest BCUT2D eigenvalue weighted by Crippen LogP contribution is 2.61. The lowest BCUT2D eigenvalue weighted by molar-refractivity contribution is -0.267. The van der Waals surface area contributed by atoms with Crippen LogP contribution in [0.4, 0.5) is 0 Å². The quantitative estimate of drug-likeness (QED) is 0.105. The Morgan fingerprint density at radius 2 is 1.45 bits per heavy atom. The van der Waals surface area contributed by atoms with Crippen molar-refractivity contribution in [2.24, 2.45) is 22.7 Å². The highest BCUT2D eigenvalue weighted by atomic mass is 16.7. The van der Waals surface area contributed by atoms with Crippen LogP contribution in [0.25, 0.3) is 0 Å². The first-order chi connectivity index (χ1) is 26.8. The van der Waals surface area contributed by atoms with Crippen LogP contribution in [-0.4, -0.2) is 97.1 Å². The summed E-state index contributed by atoms with van der Waals surface area (Å²) in [5, 5.41) is 37.9. The average molecular weight is 777 g/mol. The summed E-state index contributed by atoms with van der Waals surface area (Å²) in [6, 6.07) is 25.3. The first-order valence-corrected chi connectivity index (χ1v) is 19.3. The maximum atomic E-state index is 15.5. The fourth-order valence-electron chi connectivity index (χ4n) is 9.41. The third kappa shape index (κ3) is 8.03. The predicted octanol–water partition coefficient (Wildman–Crippen LogP) is 5.24. The molecule has 3 aliphatic rings. The van der Waals surface area contributed by atoms with Crippen LogP contribution in [0.5, 0.6) is 5.75 Å². The molecule has 3 N–H and O–H groups in total. The molecule has 0 radical (unpaired) electrons. The van der Waals surface area contributed by atoms with E-state index in [0.29, 0.717) is 12.2 Å². The van der Waals surface area contributed by atoms with Gasteiger partial charge < -0.3 is 48.5 Å². The van der Waals surface area contributed by atoms with Gasteiger partial charge in [0.15, 0.2) is 5.78 Å². The van der Waals surface area contributed by atoms with Gasteiger partial charge in [-0.3, -0.25) is 4.79 Å². The number of benzene rings is 3. The third-order valence-corrected chi connectivity index (χ3v) is 12.9. The molecule has 3 aliphatic carbocycles. The summed E-state index contributed by atoms with van der Waals surface area (Å²) in [5.41, 5.74) is -4.36. The minimum Gasteiger partial charge on any atom is -0.497 e. The van der Waals surface area contributed by atoms with E-state index in [4.69, 9.17) is 33.2 Å². The van der Waals surface area contributed by atoms with Gasteiger partial charge in [0.2, 0.25) is 0 Å². The molecular weight excluding hydrogens is 720 g/mol. The second-order valence-corrected chi connectivity index (χ2v) is 16.2. The summed E-state index contributed by atoms with van der Waals surface area (Å²) in [6.07, 6.45) is -4.23. The number of methoxy groups -OCH3 is 2. The van der Waals surface area contributed by atoms with E-state index in [1.165, 1.54) is 7.11 Å². The lowest BCUT2D eigenvalue weighted by atomic mass is 9.53. The van der Waals surface area contributed by atoms with Crippen LogP contribution in [0.15, 0.2) is 84.9 Å². The van der Waals surface area contributed by atoms with Crippen molar-refractivity contribution in [2.45, 2.75) is 95.3 Å². The topological polar surface area (TPSA) is 159 Å². The van der Waals surface area contributed by atoms with Gasteiger partial charge in [0.1, 0.15) is 37.6 Å². The Balaban J connectivity index is 1.44. The number of fused-ring (bicyclic) bond motifs is 3. The normalized spacial score (nSPS) is 32.5. The fourth-order valence-corrected chi connectivity index (χ4v) is 9.41. The first-order valence-electron chi connectivity index (χ1n) is 19.3. The molecule has 3 aromatic rings. The molecule has 304 valence electrons. The van der Waals surface area contributed by atoms with Crippen LogP contribution in [0.2, 0.25) is 0 Å². The van der Waals surface area contributed by atoms with E-state index in [0.717, 1.165) is 11.1 Å². The Morgan fingerprint density at radius 3 is 2.11 bits per heavy atom. The van der Waals surface area contributed by atoms with Crippen molar-refractivity contribution >= 4 is 11.8 Å². The number of hydrogen-bond donors (Lipinski definition) is 3. The number of esters is 1. The molecular formula is C44H56O12. The van der Waals surface area contributed by atoms with Crippen molar-refractivity contribution in [3.8, 4) is 5.75 Å². The summed E-state index contributed by atoms with van der Waals surface area (Å²) < 4.78 is 41.9. The van der Waals surface area contributed by atoms with E-state index in [2.05, 4.69) is 0 Å². The second-order valence-electron chi connectivity index (χ2n) is 16.2. The molecule has 3 aromatic carbocycles. The summed E-state index contributed by atoms with van der Waals surface area (Å²) in [4.78, 5) is 29.0. The molecule has 56 heavy (non-hydrogen) atoms. The number of aliphatic hydroxyl groups is 3. The van der Waals surface area contributed by atoms with Crippen LogP contribution in [0, 0.1) is 22.7 Å². The van der Waals surface area contributed by atoms with Crippen molar-refractivity contribution in [1.82, 2.24) is 0 Å². The molecule has 0 heterocycles. The lowest BCUT2D eigenvalue weighted by Crippen LogP contribution is -2.70. The Bertz CT molecular complexity index is 1750. The molecule has 6 rings (SSSR count). The number of Topliss-reactive ketones (excluding diaryl/α,β-unsaturated/α-hetero) is 1. The van der Waals surface area contributed by atoms with E-state index in [9.17, 15) is 20.1 Å². The minimum atomic E-state index is -2.08. The second kappa shape index (κ2) is 17.4. The summed E-state index contributed by atoms with van der Waals surface area (Å²) in [5.74, 6) is -2.12. The molecule has 3 saturated carbocycles. The highest BCUT2D eigenvalue weighted by molar-refractivity contribution is 5.91. The molecule has 0 amide bonds. The summed E-state index contributed by atoms with van der Waals surface area (Å²) in [7, 11) is 3.04. The minimum absolute atomic E-state index is 0.0194. The van der Waals surface area contributed by atoms with Gasteiger partial charge in [-0.1, -0.05) is 74.5 Å². The lowest BCUT2D eigenvalue weighted by Gasteiger charge is -2.57.